The SMILES string of the molecule is CN(C(=O)C1Cc2ccccc2O1)C1CCC(CO)CC1. The van der Waals surface area contributed by atoms with Gasteiger partial charge >= 0.3 is 0 Å². The van der Waals surface area contributed by atoms with Crippen LogP contribution in [0.1, 0.15) is 31.2 Å². The zero-order chi connectivity index (χ0) is 14.8. The molecular weight excluding hydrogens is 266 g/mol. The summed E-state index contributed by atoms with van der Waals surface area (Å²) < 4.78 is 5.79. The van der Waals surface area contributed by atoms with E-state index in [1.807, 2.05) is 36.2 Å². The number of rotatable bonds is 3. The molecule has 2 aliphatic rings. The third kappa shape index (κ3) is 2.91. The summed E-state index contributed by atoms with van der Waals surface area (Å²) in [5.74, 6) is 1.34. The second kappa shape index (κ2) is 6.06. The van der Waals surface area contributed by atoms with Crippen molar-refractivity contribution in [2.45, 2.75) is 44.2 Å². The molecule has 1 aromatic carbocycles. The fraction of sp³-hybridized carbons (Fsp3) is 0.588. The van der Waals surface area contributed by atoms with Crippen LogP contribution in [0.2, 0.25) is 0 Å². The van der Waals surface area contributed by atoms with E-state index in [1.54, 1.807) is 0 Å². The van der Waals surface area contributed by atoms with E-state index in [0.29, 0.717) is 12.3 Å². The van der Waals surface area contributed by atoms with Gasteiger partial charge in [-0.25, -0.2) is 0 Å². The number of carbonyl (C=O) groups is 1. The van der Waals surface area contributed by atoms with Gasteiger partial charge in [-0.05, 0) is 43.2 Å². The van der Waals surface area contributed by atoms with Gasteiger partial charge in [-0.3, -0.25) is 4.79 Å². The molecule has 1 saturated carbocycles. The first-order chi connectivity index (χ1) is 10.2. The van der Waals surface area contributed by atoms with E-state index in [9.17, 15) is 9.90 Å². The summed E-state index contributed by atoms with van der Waals surface area (Å²) in [4.78, 5) is 14.5. The number of benzene rings is 1. The molecule has 1 aliphatic heterocycles. The van der Waals surface area contributed by atoms with Crippen molar-refractivity contribution >= 4 is 5.91 Å². The van der Waals surface area contributed by atoms with Crippen molar-refractivity contribution in [2.75, 3.05) is 13.7 Å². The monoisotopic (exact) mass is 289 g/mol. The lowest BCUT2D eigenvalue weighted by Crippen LogP contribution is -2.46. The molecule has 1 aliphatic carbocycles. The van der Waals surface area contributed by atoms with Crippen molar-refractivity contribution in [3.63, 3.8) is 0 Å². The fourth-order valence-corrected chi connectivity index (χ4v) is 3.44. The van der Waals surface area contributed by atoms with Gasteiger partial charge in [-0.15, -0.1) is 0 Å². The number of aliphatic hydroxyl groups is 1. The van der Waals surface area contributed by atoms with Crippen LogP contribution in [-0.4, -0.2) is 41.7 Å². The maximum Gasteiger partial charge on any atom is 0.263 e. The number of hydrogen-bond donors (Lipinski definition) is 1. The maximum atomic E-state index is 12.6. The van der Waals surface area contributed by atoms with Crippen molar-refractivity contribution < 1.29 is 14.6 Å². The molecule has 114 valence electrons. The Labute approximate surface area is 125 Å². The minimum Gasteiger partial charge on any atom is -0.480 e. The highest BCUT2D eigenvalue weighted by molar-refractivity contribution is 5.82. The van der Waals surface area contributed by atoms with Crippen LogP contribution in [0, 0.1) is 5.92 Å². The number of fused-ring (bicyclic) bond motifs is 1. The Morgan fingerprint density at radius 1 is 1.29 bits per heavy atom. The molecule has 4 heteroatoms. The lowest BCUT2D eigenvalue weighted by Gasteiger charge is -2.35. The molecule has 1 aromatic rings. The Morgan fingerprint density at radius 2 is 2.00 bits per heavy atom. The summed E-state index contributed by atoms with van der Waals surface area (Å²) >= 11 is 0. The molecule has 0 spiro atoms. The third-order valence-electron chi connectivity index (χ3n) is 4.89. The van der Waals surface area contributed by atoms with Gasteiger partial charge < -0.3 is 14.7 Å². The molecule has 21 heavy (non-hydrogen) atoms. The minimum absolute atomic E-state index is 0.0821. The van der Waals surface area contributed by atoms with E-state index in [1.165, 1.54) is 0 Å². The fourth-order valence-electron chi connectivity index (χ4n) is 3.44. The van der Waals surface area contributed by atoms with E-state index < -0.39 is 0 Å². The number of aliphatic hydroxyl groups excluding tert-OH is 1. The Kier molecular flexibility index (Phi) is 4.15. The lowest BCUT2D eigenvalue weighted by molar-refractivity contribution is -0.139. The molecule has 1 atom stereocenters. The second-order valence-corrected chi connectivity index (χ2v) is 6.22. The predicted octanol–water partition coefficient (Wildman–Crippen LogP) is 2.00. The van der Waals surface area contributed by atoms with E-state index in [-0.39, 0.29) is 24.7 Å². The van der Waals surface area contributed by atoms with Gasteiger partial charge in [0.05, 0.1) is 0 Å². The summed E-state index contributed by atoms with van der Waals surface area (Å²) in [6.07, 6.45) is 4.27. The molecule has 1 amide bonds. The number of nitrogens with zero attached hydrogens (tertiary/aromatic N) is 1. The zero-order valence-corrected chi connectivity index (χ0v) is 12.5. The quantitative estimate of drug-likeness (QED) is 0.926. The molecular formula is C17H23NO3. The van der Waals surface area contributed by atoms with Gasteiger partial charge in [0, 0.05) is 26.1 Å². The summed E-state index contributed by atoms with van der Waals surface area (Å²) in [6.45, 7) is 0.269. The smallest absolute Gasteiger partial charge is 0.263 e. The number of hydrogen-bond acceptors (Lipinski definition) is 3. The van der Waals surface area contributed by atoms with Gasteiger partial charge in [0.25, 0.3) is 5.91 Å². The predicted molar refractivity (Wildman–Crippen MR) is 80.2 cm³/mol. The van der Waals surface area contributed by atoms with Crippen molar-refractivity contribution in [1.82, 2.24) is 4.90 Å². The molecule has 4 nitrogen and oxygen atoms in total. The summed E-state index contributed by atoms with van der Waals surface area (Å²) in [5.41, 5.74) is 1.12. The third-order valence-corrected chi connectivity index (χ3v) is 4.89. The summed E-state index contributed by atoms with van der Waals surface area (Å²) in [5, 5.41) is 9.20. The van der Waals surface area contributed by atoms with Crippen LogP contribution in [0.15, 0.2) is 24.3 Å². The van der Waals surface area contributed by atoms with Crippen LogP contribution in [0.3, 0.4) is 0 Å². The Bertz CT molecular complexity index is 484. The molecule has 0 aromatic heterocycles. The number of para-hydroxylation sites is 1. The van der Waals surface area contributed by atoms with Crippen LogP contribution in [-0.2, 0) is 11.2 Å². The Balaban J connectivity index is 1.59. The molecule has 0 bridgehead atoms. The number of amides is 1. The van der Waals surface area contributed by atoms with Crippen molar-refractivity contribution in [3.05, 3.63) is 29.8 Å². The normalized spacial score (nSPS) is 27.8. The van der Waals surface area contributed by atoms with Crippen molar-refractivity contribution in [3.8, 4) is 5.75 Å². The first kappa shape index (κ1) is 14.4. The van der Waals surface area contributed by atoms with Crippen molar-refractivity contribution in [2.24, 2.45) is 5.92 Å². The first-order valence-corrected chi connectivity index (χ1v) is 7.81. The molecule has 1 unspecified atom stereocenters. The first-order valence-electron chi connectivity index (χ1n) is 7.81. The Hall–Kier alpha value is -1.55. The molecule has 0 saturated heterocycles. The summed E-state index contributed by atoms with van der Waals surface area (Å²) in [7, 11) is 1.89. The minimum atomic E-state index is -0.372. The number of carbonyl (C=O) groups excluding carboxylic acids is 1. The Morgan fingerprint density at radius 3 is 2.67 bits per heavy atom. The topological polar surface area (TPSA) is 49.8 Å². The highest BCUT2D eigenvalue weighted by Gasteiger charge is 2.34. The molecule has 1 N–H and O–H groups in total. The lowest BCUT2D eigenvalue weighted by atomic mass is 9.86. The molecule has 0 radical (unpaired) electrons. The van der Waals surface area contributed by atoms with Crippen LogP contribution in [0.25, 0.3) is 0 Å². The molecule has 1 fully saturated rings. The average molecular weight is 289 g/mol. The van der Waals surface area contributed by atoms with E-state index in [4.69, 9.17) is 4.74 Å². The number of ether oxygens (including phenoxy) is 1. The van der Waals surface area contributed by atoms with E-state index in [2.05, 4.69) is 0 Å². The standard InChI is InChI=1S/C17H23NO3/c1-18(14-8-6-12(11-19)7-9-14)17(20)16-10-13-4-2-3-5-15(13)21-16/h2-5,12,14,16,19H,6-11H2,1H3. The van der Waals surface area contributed by atoms with Gasteiger partial charge in [0.15, 0.2) is 6.10 Å². The second-order valence-electron chi connectivity index (χ2n) is 6.22. The van der Waals surface area contributed by atoms with E-state index in [0.717, 1.165) is 37.0 Å². The van der Waals surface area contributed by atoms with Crippen LogP contribution in [0.5, 0.6) is 5.75 Å². The molecule has 3 rings (SSSR count). The average Bonchev–Trinajstić information content (AvgIpc) is 2.97. The maximum absolute atomic E-state index is 12.6. The van der Waals surface area contributed by atoms with Crippen molar-refractivity contribution in [1.29, 1.82) is 0 Å². The van der Waals surface area contributed by atoms with Crippen LogP contribution >= 0.6 is 0 Å². The van der Waals surface area contributed by atoms with Gasteiger partial charge in [-0.2, -0.15) is 0 Å². The summed E-state index contributed by atoms with van der Waals surface area (Å²) in [6, 6.07) is 8.15. The highest BCUT2D eigenvalue weighted by Crippen LogP contribution is 2.31. The van der Waals surface area contributed by atoms with Crippen LogP contribution in [0.4, 0.5) is 0 Å². The van der Waals surface area contributed by atoms with Crippen LogP contribution < -0.4 is 4.74 Å². The number of likely N-dealkylation sites (N-methyl/N-ethyl adjacent to an activating group) is 1. The molecule has 1 heterocycles. The largest absolute Gasteiger partial charge is 0.480 e. The van der Waals surface area contributed by atoms with Gasteiger partial charge in [0.1, 0.15) is 5.75 Å². The zero-order valence-electron chi connectivity index (χ0n) is 12.5. The van der Waals surface area contributed by atoms with Gasteiger partial charge in [0.2, 0.25) is 0 Å². The van der Waals surface area contributed by atoms with E-state index >= 15 is 0 Å². The highest BCUT2D eigenvalue weighted by atomic mass is 16.5. The van der Waals surface area contributed by atoms with Gasteiger partial charge in [-0.1, -0.05) is 18.2 Å².